The molecule has 18 heavy (non-hydrogen) atoms. The lowest BCUT2D eigenvalue weighted by molar-refractivity contribution is -0.143. The number of carbonyl (C=O) groups is 2. The molecule has 0 unspecified atom stereocenters. The van der Waals surface area contributed by atoms with Crippen molar-refractivity contribution in [2.45, 2.75) is 13.0 Å². The van der Waals surface area contributed by atoms with Crippen LogP contribution in [0.4, 0.5) is 0 Å². The molecule has 0 aromatic heterocycles. The summed E-state index contributed by atoms with van der Waals surface area (Å²) in [6.07, 6.45) is 0. The number of hydrogen-bond acceptors (Lipinski definition) is 3. The van der Waals surface area contributed by atoms with Gasteiger partial charge < -0.3 is 15.2 Å². The number of amides is 1. The number of carboxylic acid groups (broad SMARTS) is 1. The molecule has 2 N–H and O–H groups in total. The van der Waals surface area contributed by atoms with Crippen LogP contribution < -0.4 is 5.32 Å². The van der Waals surface area contributed by atoms with Gasteiger partial charge in [-0.1, -0.05) is 29.8 Å². The van der Waals surface area contributed by atoms with Crippen molar-refractivity contribution in [1.82, 2.24) is 5.32 Å². The second-order valence-corrected chi connectivity index (χ2v) is 4.10. The third-order valence-electron chi connectivity index (χ3n) is 2.21. The van der Waals surface area contributed by atoms with Crippen molar-refractivity contribution >= 4 is 23.5 Å². The highest BCUT2D eigenvalue weighted by Gasteiger charge is 2.12. The molecule has 0 heterocycles. The Hall–Kier alpha value is -1.59. The molecule has 0 saturated carbocycles. The van der Waals surface area contributed by atoms with E-state index >= 15 is 0 Å². The van der Waals surface area contributed by atoms with E-state index in [-0.39, 0.29) is 18.6 Å². The molecule has 0 saturated heterocycles. The highest BCUT2D eigenvalue weighted by Crippen LogP contribution is 2.21. The van der Waals surface area contributed by atoms with Crippen LogP contribution in [0.1, 0.15) is 18.5 Å². The smallest absolute Gasteiger partial charge is 0.329 e. The lowest BCUT2D eigenvalue weighted by Crippen LogP contribution is -2.31. The Morgan fingerprint density at radius 1 is 1.39 bits per heavy atom. The van der Waals surface area contributed by atoms with Crippen LogP contribution in [0.15, 0.2) is 24.3 Å². The van der Waals surface area contributed by atoms with Crippen LogP contribution >= 0.6 is 11.6 Å². The molecule has 1 aromatic rings. The summed E-state index contributed by atoms with van der Waals surface area (Å²) in [6.45, 7) is 1.01. The van der Waals surface area contributed by atoms with Gasteiger partial charge in [-0.3, -0.25) is 4.79 Å². The van der Waals surface area contributed by atoms with Gasteiger partial charge in [0.1, 0.15) is 13.2 Å². The summed E-state index contributed by atoms with van der Waals surface area (Å²) in [4.78, 5) is 21.6. The molecule has 0 spiro atoms. The van der Waals surface area contributed by atoms with Gasteiger partial charge in [-0.05, 0) is 18.6 Å². The molecule has 5 nitrogen and oxygen atoms in total. The summed E-state index contributed by atoms with van der Waals surface area (Å²) in [5.41, 5.74) is 0.797. The Morgan fingerprint density at radius 3 is 2.67 bits per heavy atom. The minimum absolute atomic E-state index is 0.264. The average Bonchev–Trinajstić information content (AvgIpc) is 2.28. The highest BCUT2D eigenvalue weighted by molar-refractivity contribution is 6.31. The van der Waals surface area contributed by atoms with E-state index in [4.69, 9.17) is 16.7 Å². The minimum Gasteiger partial charge on any atom is -0.480 e. The molecular weight excluding hydrogens is 258 g/mol. The number of hydrogen-bond donors (Lipinski definition) is 2. The first-order valence-electron chi connectivity index (χ1n) is 5.34. The van der Waals surface area contributed by atoms with Gasteiger partial charge in [0, 0.05) is 5.02 Å². The van der Waals surface area contributed by atoms with Gasteiger partial charge in [0.15, 0.2) is 0 Å². The summed E-state index contributed by atoms with van der Waals surface area (Å²) in [7, 11) is 0. The second kappa shape index (κ2) is 6.98. The fourth-order valence-corrected chi connectivity index (χ4v) is 1.72. The van der Waals surface area contributed by atoms with Crippen LogP contribution in [-0.2, 0) is 14.3 Å². The van der Waals surface area contributed by atoms with Gasteiger partial charge >= 0.3 is 5.97 Å². The van der Waals surface area contributed by atoms with Gasteiger partial charge in [-0.15, -0.1) is 0 Å². The van der Waals surface area contributed by atoms with E-state index in [1.807, 2.05) is 12.1 Å². The summed E-state index contributed by atoms with van der Waals surface area (Å²) in [6, 6.07) is 6.91. The van der Waals surface area contributed by atoms with E-state index in [1.165, 1.54) is 0 Å². The Kier molecular flexibility index (Phi) is 5.61. The van der Waals surface area contributed by atoms with Crippen molar-refractivity contribution in [2.24, 2.45) is 0 Å². The lowest BCUT2D eigenvalue weighted by Gasteiger charge is -2.15. The predicted octanol–water partition coefficient (Wildman–Crippen LogP) is 1.62. The van der Waals surface area contributed by atoms with E-state index < -0.39 is 12.6 Å². The largest absolute Gasteiger partial charge is 0.480 e. The SMILES string of the molecule is C[C@@H](NC(=O)COCC(=O)O)c1ccccc1Cl. The number of nitrogens with one attached hydrogen (secondary N) is 1. The van der Waals surface area contributed by atoms with Crippen LogP contribution in [0.25, 0.3) is 0 Å². The van der Waals surface area contributed by atoms with E-state index in [2.05, 4.69) is 10.1 Å². The topological polar surface area (TPSA) is 75.6 Å². The molecule has 1 atom stereocenters. The zero-order chi connectivity index (χ0) is 13.5. The maximum absolute atomic E-state index is 11.4. The van der Waals surface area contributed by atoms with Crippen molar-refractivity contribution in [1.29, 1.82) is 0 Å². The number of carbonyl (C=O) groups excluding carboxylic acids is 1. The van der Waals surface area contributed by atoms with E-state index in [0.717, 1.165) is 5.56 Å². The molecule has 98 valence electrons. The first-order valence-corrected chi connectivity index (χ1v) is 5.72. The third-order valence-corrected chi connectivity index (χ3v) is 2.55. The predicted molar refractivity (Wildman–Crippen MR) is 66.5 cm³/mol. The minimum atomic E-state index is -1.11. The third kappa shape index (κ3) is 4.73. The first kappa shape index (κ1) is 14.5. The average molecular weight is 272 g/mol. The van der Waals surface area contributed by atoms with Crippen molar-refractivity contribution < 1.29 is 19.4 Å². The first-order chi connectivity index (χ1) is 8.50. The quantitative estimate of drug-likeness (QED) is 0.824. The lowest BCUT2D eigenvalue weighted by atomic mass is 10.1. The molecule has 1 rings (SSSR count). The fourth-order valence-electron chi connectivity index (χ4n) is 1.42. The number of aliphatic carboxylic acids is 1. The Labute approximate surface area is 110 Å². The van der Waals surface area contributed by atoms with Gasteiger partial charge in [0.05, 0.1) is 6.04 Å². The van der Waals surface area contributed by atoms with Gasteiger partial charge in [0.2, 0.25) is 5.91 Å². The summed E-state index contributed by atoms with van der Waals surface area (Å²) in [5, 5.41) is 11.6. The zero-order valence-electron chi connectivity index (χ0n) is 9.85. The molecule has 0 aliphatic carbocycles. The molecule has 0 radical (unpaired) electrons. The fraction of sp³-hybridized carbons (Fsp3) is 0.333. The molecule has 0 aliphatic heterocycles. The van der Waals surface area contributed by atoms with Crippen LogP contribution in [0.2, 0.25) is 5.02 Å². The number of carboxylic acids is 1. The van der Waals surface area contributed by atoms with Crippen LogP contribution in [0, 0.1) is 0 Å². The number of ether oxygens (including phenoxy) is 1. The number of benzene rings is 1. The standard InChI is InChI=1S/C12H14ClNO4/c1-8(9-4-2-3-5-10(9)13)14-11(15)6-18-7-12(16)17/h2-5,8H,6-7H2,1H3,(H,14,15)(H,16,17)/t8-/m1/s1. The molecule has 0 bridgehead atoms. The molecule has 1 aromatic carbocycles. The van der Waals surface area contributed by atoms with Gasteiger partial charge in [-0.25, -0.2) is 4.79 Å². The summed E-state index contributed by atoms with van der Waals surface area (Å²) in [5.74, 6) is -1.49. The summed E-state index contributed by atoms with van der Waals surface area (Å²) >= 11 is 5.99. The number of halogens is 1. The Bertz CT molecular complexity index is 436. The zero-order valence-corrected chi connectivity index (χ0v) is 10.6. The van der Waals surface area contributed by atoms with Crippen LogP contribution in [0.5, 0.6) is 0 Å². The molecule has 1 amide bonds. The van der Waals surface area contributed by atoms with Crippen LogP contribution in [-0.4, -0.2) is 30.2 Å². The van der Waals surface area contributed by atoms with E-state index in [9.17, 15) is 9.59 Å². The van der Waals surface area contributed by atoms with Gasteiger partial charge in [-0.2, -0.15) is 0 Å². The Morgan fingerprint density at radius 2 is 2.06 bits per heavy atom. The molecule has 0 aliphatic rings. The highest BCUT2D eigenvalue weighted by atomic mass is 35.5. The number of rotatable bonds is 6. The van der Waals surface area contributed by atoms with Crippen molar-refractivity contribution in [2.75, 3.05) is 13.2 Å². The van der Waals surface area contributed by atoms with E-state index in [0.29, 0.717) is 5.02 Å². The molecular formula is C12H14ClNO4. The van der Waals surface area contributed by atoms with Crippen molar-refractivity contribution in [3.8, 4) is 0 Å². The monoisotopic (exact) mass is 271 g/mol. The maximum atomic E-state index is 11.4. The summed E-state index contributed by atoms with van der Waals surface area (Å²) < 4.78 is 4.68. The molecule has 6 heteroatoms. The van der Waals surface area contributed by atoms with Gasteiger partial charge in [0.25, 0.3) is 0 Å². The molecule has 0 fully saturated rings. The van der Waals surface area contributed by atoms with Crippen LogP contribution in [0.3, 0.4) is 0 Å². The van der Waals surface area contributed by atoms with E-state index in [1.54, 1.807) is 19.1 Å². The van der Waals surface area contributed by atoms with Crippen molar-refractivity contribution in [3.63, 3.8) is 0 Å². The Balaban J connectivity index is 2.45. The maximum Gasteiger partial charge on any atom is 0.329 e. The normalized spacial score (nSPS) is 11.9. The van der Waals surface area contributed by atoms with Crippen molar-refractivity contribution in [3.05, 3.63) is 34.9 Å². The second-order valence-electron chi connectivity index (χ2n) is 3.70.